The average molecular weight is 351 g/mol. The molecule has 4 heteroatoms. The van der Waals surface area contributed by atoms with Crippen molar-refractivity contribution in [3.63, 3.8) is 0 Å². The number of carbonyl (C=O) groups excluding carboxylic acids is 1. The van der Waals surface area contributed by atoms with Crippen LogP contribution in [0.25, 0.3) is 0 Å². The van der Waals surface area contributed by atoms with E-state index in [2.05, 4.69) is 52.9 Å². The highest BCUT2D eigenvalue weighted by molar-refractivity contribution is 5.77. The Hall–Kier alpha value is -2.20. The zero-order valence-corrected chi connectivity index (χ0v) is 15.9. The van der Waals surface area contributed by atoms with Gasteiger partial charge in [0.25, 0.3) is 0 Å². The van der Waals surface area contributed by atoms with E-state index < -0.39 is 0 Å². The van der Waals surface area contributed by atoms with Crippen LogP contribution in [0.5, 0.6) is 0 Å². The van der Waals surface area contributed by atoms with Crippen molar-refractivity contribution in [2.45, 2.75) is 52.2 Å². The molecule has 138 valence electrons. The van der Waals surface area contributed by atoms with Crippen LogP contribution in [0.2, 0.25) is 0 Å². The summed E-state index contributed by atoms with van der Waals surface area (Å²) < 4.78 is 0. The summed E-state index contributed by atoms with van der Waals surface area (Å²) in [6, 6.07) is 14.8. The van der Waals surface area contributed by atoms with Crippen molar-refractivity contribution in [2.24, 2.45) is 0 Å². The van der Waals surface area contributed by atoms with Gasteiger partial charge in [0, 0.05) is 44.8 Å². The summed E-state index contributed by atoms with van der Waals surface area (Å²) in [7, 11) is 0. The fraction of sp³-hybridized carbons (Fsp3) is 0.455. The fourth-order valence-corrected chi connectivity index (χ4v) is 3.57. The van der Waals surface area contributed by atoms with Crippen LogP contribution in [0.4, 0.5) is 0 Å². The molecule has 0 bridgehead atoms. The van der Waals surface area contributed by atoms with Crippen LogP contribution in [0, 0.1) is 0 Å². The summed E-state index contributed by atoms with van der Waals surface area (Å²) in [5.41, 5.74) is 3.55. The molecule has 1 aliphatic heterocycles. The van der Waals surface area contributed by atoms with Crippen molar-refractivity contribution in [1.29, 1.82) is 0 Å². The summed E-state index contributed by atoms with van der Waals surface area (Å²) in [6.45, 7) is 7.55. The van der Waals surface area contributed by atoms with Gasteiger partial charge in [-0.1, -0.05) is 50.2 Å². The highest BCUT2D eigenvalue weighted by Crippen LogP contribution is 2.19. The first-order valence-corrected chi connectivity index (χ1v) is 9.69. The van der Waals surface area contributed by atoms with Crippen LogP contribution in [0.15, 0.2) is 48.7 Å². The molecule has 0 spiro atoms. The Kier molecular flexibility index (Phi) is 6.40. The molecular formula is C22H29N3O. The standard InChI is InChI=1S/C22H29N3O/c1-3-18-10-11-20(23-14-18)16-24-13-12-22(26)25(21(4-2)17-24)15-19-8-6-5-7-9-19/h5-11,14,21H,3-4,12-13,15-17H2,1-2H3. The Bertz CT molecular complexity index is 699. The number of aromatic nitrogens is 1. The van der Waals surface area contributed by atoms with E-state index in [1.54, 1.807) is 0 Å². The molecule has 1 atom stereocenters. The summed E-state index contributed by atoms with van der Waals surface area (Å²) in [5, 5.41) is 0. The molecule has 4 nitrogen and oxygen atoms in total. The molecular weight excluding hydrogens is 322 g/mol. The third-order valence-corrected chi connectivity index (χ3v) is 5.22. The molecule has 1 fully saturated rings. The van der Waals surface area contributed by atoms with Crippen LogP contribution < -0.4 is 0 Å². The van der Waals surface area contributed by atoms with Gasteiger partial charge in [-0.25, -0.2) is 0 Å². The number of pyridine rings is 1. The minimum Gasteiger partial charge on any atom is -0.334 e. The van der Waals surface area contributed by atoms with Crippen molar-refractivity contribution < 1.29 is 4.79 Å². The fourth-order valence-electron chi connectivity index (χ4n) is 3.57. The van der Waals surface area contributed by atoms with Crippen LogP contribution in [-0.4, -0.2) is 39.8 Å². The number of rotatable bonds is 6. The second-order valence-corrected chi connectivity index (χ2v) is 7.07. The highest BCUT2D eigenvalue weighted by Gasteiger charge is 2.28. The second kappa shape index (κ2) is 8.95. The number of nitrogens with zero attached hydrogens (tertiary/aromatic N) is 3. The van der Waals surface area contributed by atoms with Crippen molar-refractivity contribution in [3.05, 3.63) is 65.5 Å². The SMILES string of the molecule is CCc1ccc(CN2CCC(=O)N(Cc3ccccc3)C(CC)C2)nc1. The molecule has 0 aliphatic carbocycles. The first-order valence-electron chi connectivity index (χ1n) is 9.69. The number of carbonyl (C=O) groups is 1. The topological polar surface area (TPSA) is 36.4 Å². The Morgan fingerprint density at radius 1 is 1.04 bits per heavy atom. The molecule has 0 saturated carbocycles. The molecule has 0 N–H and O–H groups in total. The van der Waals surface area contributed by atoms with Crippen molar-refractivity contribution in [1.82, 2.24) is 14.8 Å². The van der Waals surface area contributed by atoms with Gasteiger partial charge in [0.1, 0.15) is 0 Å². The first-order chi connectivity index (χ1) is 12.7. The molecule has 1 aromatic carbocycles. The van der Waals surface area contributed by atoms with E-state index in [4.69, 9.17) is 0 Å². The normalized spacial score (nSPS) is 18.8. The number of benzene rings is 1. The second-order valence-electron chi connectivity index (χ2n) is 7.07. The zero-order valence-electron chi connectivity index (χ0n) is 15.9. The molecule has 2 heterocycles. The highest BCUT2D eigenvalue weighted by atomic mass is 16.2. The van der Waals surface area contributed by atoms with E-state index in [1.807, 2.05) is 24.4 Å². The summed E-state index contributed by atoms with van der Waals surface area (Å²) >= 11 is 0. The third-order valence-electron chi connectivity index (χ3n) is 5.22. The van der Waals surface area contributed by atoms with E-state index in [0.29, 0.717) is 13.0 Å². The molecule has 0 radical (unpaired) electrons. The van der Waals surface area contributed by atoms with Crippen LogP contribution in [0.3, 0.4) is 0 Å². The molecule has 1 unspecified atom stereocenters. The number of hydrogen-bond donors (Lipinski definition) is 0. The van der Waals surface area contributed by atoms with Crippen LogP contribution in [-0.2, 0) is 24.3 Å². The Labute approximate surface area is 156 Å². The van der Waals surface area contributed by atoms with Gasteiger partial charge in [0.2, 0.25) is 5.91 Å². The lowest BCUT2D eigenvalue weighted by Gasteiger charge is -2.31. The van der Waals surface area contributed by atoms with E-state index in [0.717, 1.165) is 38.2 Å². The Morgan fingerprint density at radius 2 is 1.85 bits per heavy atom. The molecule has 1 aliphatic rings. The predicted octanol–water partition coefficient (Wildman–Crippen LogP) is 3.66. The maximum Gasteiger partial charge on any atom is 0.224 e. The lowest BCUT2D eigenvalue weighted by Crippen LogP contribution is -2.42. The van der Waals surface area contributed by atoms with E-state index in [9.17, 15) is 4.79 Å². The monoisotopic (exact) mass is 351 g/mol. The van der Waals surface area contributed by atoms with Crippen LogP contribution in [0.1, 0.15) is 43.5 Å². The minimum atomic E-state index is 0.250. The number of hydrogen-bond acceptors (Lipinski definition) is 3. The molecule has 2 aromatic rings. The third kappa shape index (κ3) is 4.70. The van der Waals surface area contributed by atoms with Crippen LogP contribution >= 0.6 is 0 Å². The predicted molar refractivity (Wildman–Crippen MR) is 105 cm³/mol. The van der Waals surface area contributed by atoms with Gasteiger partial charge in [0.15, 0.2) is 0 Å². The van der Waals surface area contributed by atoms with Gasteiger partial charge in [-0.3, -0.25) is 14.7 Å². The van der Waals surface area contributed by atoms with Gasteiger partial charge in [-0.15, -0.1) is 0 Å². The summed E-state index contributed by atoms with van der Waals surface area (Å²) in [4.78, 5) is 21.8. The Morgan fingerprint density at radius 3 is 2.50 bits per heavy atom. The lowest BCUT2D eigenvalue weighted by atomic mass is 10.1. The number of amides is 1. The van der Waals surface area contributed by atoms with Gasteiger partial charge >= 0.3 is 0 Å². The van der Waals surface area contributed by atoms with Crippen molar-refractivity contribution in [3.8, 4) is 0 Å². The van der Waals surface area contributed by atoms with Gasteiger partial charge in [0.05, 0.1) is 5.69 Å². The molecule has 1 aromatic heterocycles. The molecule has 1 amide bonds. The van der Waals surface area contributed by atoms with Crippen molar-refractivity contribution in [2.75, 3.05) is 13.1 Å². The average Bonchev–Trinajstić information content (AvgIpc) is 2.83. The van der Waals surface area contributed by atoms with Crippen molar-refractivity contribution >= 4 is 5.91 Å². The Balaban J connectivity index is 1.69. The lowest BCUT2D eigenvalue weighted by molar-refractivity contribution is -0.133. The zero-order chi connectivity index (χ0) is 18.4. The maximum atomic E-state index is 12.8. The quantitative estimate of drug-likeness (QED) is 0.797. The summed E-state index contributed by atoms with van der Waals surface area (Å²) in [6.07, 6.45) is 4.53. The molecule has 26 heavy (non-hydrogen) atoms. The molecule has 3 rings (SSSR count). The first kappa shape index (κ1) is 18.6. The summed E-state index contributed by atoms with van der Waals surface area (Å²) in [5.74, 6) is 0.262. The van der Waals surface area contributed by atoms with E-state index in [1.165, 1.54) is 11.1 Å². The molecule has 1 saturated heterocycles. The minimum absolute atomic E-state index is 0.250. The van der Waals surface area contributed by atoms with Gasteiger partial charge in [-0.05, 0) is 30.0 Å². The van der Waals surface area contributed by atoms with Gasteiger partial charge in [-0.2, -0.15) is 0 Å². The van der Waals surface area contributed by atoms with E-state index >= 15 is 0 Å². The number of aryl methyl sites for hydroxylation is 1. The van der Waals surface area contributed by atoms with Gasteiger partial charge < -0.3 is 4.90 Å². The maximum absolute atomic E-state index is 12.8. The largest absolute Gasteiger partial charge is 0.334 e. The smallest absolute Gasteiger partial charge is 0.224 e. The van der Waals surface area contributed by atoms with E-state index in [-0.39, 0.29) is 11.9 Å².